The first kappa shape index (κ1) is 14.8. The SMILES string of the molecule is OC(Cc1ccc2ccccc2c1)c1cc(Br)cc(Br)c1. The van der Waals surface area contributed by atoms with Gasteiger partial charge in [0.2, 0.25) is 0 Å². The number of benzene rings is 3. The molecule has 0 saturated carbocycles. The number of halogens is 2. The number of rotatable bonds is 3. The molecule has 0 aliphatic heterocycles. The maximum atomic E-state index is 10.5. The molecule has 0 fully saturated rings. The second-order valence-corrected chi connectivity index (χ2v) is 6.94. The van der Waals surface area contributed by atoms with Crippen LogP contribution in [0.3, 0.4) is 0 Å². The molecule has 0 aliphatic carbocycles. The minimum absolute atomic E-state index is 0.514. The summed E-state index contributed by atoms with van der Waals surface area (Å²) in [5, 5.41) is 12.9. The van der Waals surface area contributed by atoms with E-state index in [1.807, 2.05) is 30.3 Å². The van der Waals surface area contributed by atoms with Crippen molar-refractivity contribution >= 4 is 42.6 Å². The quantitative estimate of drug-likeness (QED) is 0.597. The first-order valence-electron chi connectivity index (χ1n) is 6.73. The van der Waals surface area contributed by atoms with Crippen molar-refractivity contribution in [2.75, 3.05) is 0 Å². The van der Waals surface area contributed by atoms with Gasteiger partial charge in [-0.3, -0.25) is 0 Å². The van der Waals surface area contributed by atoms with Crippen molar-refractivity contribution in [2.45, 2.75) is 12.5 Å². The fourth-order valence-electron chi connectivity index (χ4n) is 2.47. The van der Waals surface area contributed by atoms with Gasteiger partial charge in [-0.2, -0.15) is 0 Å². The maximum Gasteiger partial charge on any atom is 0.0831 e. The summed E-state index contributed by atoms with van der Waals surface area (Å²) in [6.07, 6.45) is 0.0910. The molecule has 3 heteroatoms. The molecule has 21 heavy (non-hydrogen) atoms. The van der Waals surface area contributed by atoms with Gasteiger partial charge in [0.1, 0.15) is 0 Å². The Morgan fingerprint density at radius 3 is 2.19 bits per heavy atom. The zero-order valence-corrected chi connectivity index (χ0v) is 14.4. The molecule has 0 aliphatic rings. The number of hydrogen-bond acceptors (Lipinski definition) is 1. The molecule has 1 nitrogen and oxygen atoms in total. The summed E-state index contributed by atoms with van der Waals surface area (Å²) in [6.45, 7) is 0. The molecule has 1 atom stereocenters. The van der Waals surface area contributed by atoms with Crippen LogP contribution in [0.5, 0.6) is 0 Å². The topological polar surface area (TPSA) is 20.2 Å². The highest BCUT2D eigenvalue weighted by Crippen LogP contribution is 2.27. The van der Waals surface area contributed by atoms with Gasteiger partial charge >= 0.3 is 0 Å². The summed E-state index contributed by atoms with van der Waals surface area (Å²) in [5.41, 5.74) is 2.04. The van der Waals surface area contributed by atoms with Crippen LogP contribution in [0.15, 0.2) is 69.6 Å². The van der Waals surface area contributed by atoms with E-state index >= 15 is 0 Å². The summed E-state index contributed by atoms with van der Waals surface area (Å²) in [7, 11) is 0. The van der Waals surface area contributed by atoms with Gasteiger partial charge in [0, 0.05) is 15.4 Å². The highest BCUT2D eigenvalue weighted by atomic mass is 79.9. The van der Waals surface area contributed by atoms with Gasteiger partial charge in [-0.1, -0.05) is 74.3 Å². The minimum atomic E-state index is -0.514. The molecule has 1 N–H and O–H groups in total. The van der Waals surface area contributed by atoms with Crippen LogP contribution in [0, 0.1) is 0 Å². The van der Waals surface area contributed by atoms with Gasteiger partial charge in [0.15, 0.2) is 0 Å². The zero-order valence-electron chi connectivity index (χ0n) is 11.3. The maximum absolute atomic E-state index is 10.5. The number of fused-ring (bicyclic) bond motifs is 1. The number of aliphatic hydroxyl groups is 1. The van der Waals surface area contributed by atoms with E-state index in [4.69, 9.17) is 0 Å². The molecule has 0 bridgehead atoms. The number of hydrogen-bond donors (Lipinski definition) is 1. The highest BCUT2D eigenvalue weighted by molar-refractivity contribution is 9.11. The molecule has 0 heterocycles. The van der Waals surface area contributed by atoms with Crippen LogP contribution in [0.25, 0.3) is 10.8 Å². The normalized spacial score (nSPS) is 12.5. The lowest BCUT2D eigenvalue weighted by atomic mass is 9.99. The van der Waals surface area contributed by atoms with Crippen molar-refractivity contribution in [3.05, 3.63) is 80.7 Å². The van der Waals surface area contributed by atoms with E-state index in [9.17, 15) is 5.11 Å². The summed E-state index contributed by atoms with van der Waals surface area (Å²) < 4.78 is 1.92. The largest absolute Gasteiger partial charge is 0.388 e. The monoisotopic (exact) mass is 404 g/mol. The van der Waals surface area contributed by atoms with E-state index in [0.29, 0.717) is 6.42 Å². The van der Waals surface area contributed by atoms with Gasteiger partial charge in [-0.15, -0.1) is 0 Å². The average Bonchev–Trinajstić information content (AvgIpc) is 2.46. The summed E-state index contributed by atoms with van der Waals surface area (Å²) in [6, 6.07) is 20.5. The lowest BCUT2D eigenvalue weighted by molar-refractivity contribution is 0.178. The standard InChI is InChI=1S/C18H14Br2O/c19-16-9-15(10-17(20)11-16)18(21)8-12-5-6-13-3-1-2-4-14(13)7-12/h1-7,9-11,18,21H,8H2. The van der Waals surface area contributed by atoms with Crippen LogP contribution in [0.4, 0.5) is 0 Å². The Morgan fingerprint density at radius 1 is 0.810 bits per heavy atom. The van der Waals surface area contributed by atoms with Gasteiger partial charge in [0.25, 0.3) is 0 Å². The molecule has 0 aromatic heterocycles. The van der Waals surface area contributed by atoms with E-state index in [2.05, 4.69) is 62.2 Å². The molecule has 3 aromatic rings. The van der Waals surface area contributed by atoms with Crippen LogP contribution in [0.1, 0.15) is 17.2 Å². The molecule has 0 radical (unpaired) electrons. The average molecular weight is 406 g/mol. The third-order valence-electron chi connectivity index (χ3n) is 3.51. The lowest BCUT2D eigenvalue weighted by Crippen LogP contribution is -2.02. The van der Waals surface area contributed by atoms with Crippen molar-refractivity contribution in [1.29, 1.82) is 0 Å². The second kappa shape index (κ2) is 6.30. The third-order valence-corrected chi connectivity index (χ3v) is 4.43. The molecule has 3 rings (SSSR count). The Kier molecular flexibility index (Phi) is 4.43. The Balaban J connectivity index is 1.86. The molecule has 0 amide bonds. The lowest BCUT2D eigenvalue weighted by Gasteiger charge is -2.13. The van der Waals surface area contributed by atoms with E-state index < -0.39 is 6.10 Å². The second-order valence-electron chi connectivity index (χ2n) is 5.10. The van der Waals surface area contributed by atoms with Gasteiger partial charge in [-0.05, 0) is 40.1 Å². The fourth-order valence-corrected chi connectivity index (χ4v) is 3.80. The first-order valence-corrected chi connectivity index (χ1v) is 8.32. The Labute approximate surface area is 140 Å². The van der Waals surface area contributed by atoms with Crippen LogP contribution in [-0.4, -0.2) is 5.11 Å². The van der Waals surface area contributed by atoms with E-state index in [1.165, 1.54) is 10.8 Å². The zero-order chi connectivity index (χ0) is 14.8. The summed E-state index contributed by atoms with van der Waals surface area (Å²) in [5.74, 6) is 0. The van der Waals surface area contributed by atoms with E-state index in [0.717, 1.165) is 20.1 Å². The van der Waals surface area contributed by atoms with Crippen molar-refractivity contribution < 1.29 is 5.11 Å². The van der Waals surface area contributed by atoms with Crippen LogP contribution in [0.2, 0.25) is 0 Å². The Hall–Kier alpha value is -1.16. The van der Waals surface area contributed by atoms with Crippen LogP contribution >= 0.6 is 31.9 Å². The smallest absolute Gasteiger partial charge is 0.0831 e. The van der Waals surface area contributed by atoms with Crippen molar-refractivity contribution in [3.63, 3.8) is 0 Å². The van der Waals surface area contributed by atoms with Gasteiger partial charge in [-0.25, -0.2) is 0 Å². The van der Waals surface area contributed by atoms with E-state index in [-0.39, 0.29) is 0 Å². The third kappa shape index (κ3) is 3.54. The van der Waals surface area contributed by atoms with Crippen molar-refractivity contribution in [2.24, 2.45) is 0 Å². The predicted octanol–water partition coefficient (Wildman–Crippen LogP) is 5.64. The predicted molar refractivity (Wildman–Crippen MR) is 94.5 cm³/mol. The molecule has 1 unspecified atom stereocenters. The van der Waals surface area contributed by atoms with Gasteiger partial charge in [0.05, 0.1) is 6.10 Å². The number of aliphatic hydroxyl groups excluding tert-OH is 1. The highest BCUT2D eigenvalue weighted by Gasteiger charge is 2.10. The molecule has 0 saturated heterocycles. The van der Waals surface area contributed by atoms with E-state index in [1.54, 1.807) is 0 Å². The van der Waals surface area contributed by atoms with Crippen molar-refractivity contribution in [3.8, 4) is 0 Å². The summed E-state index contributed by atoms with van der Waals surface area (Å²) in [4.78, 5) is 0. The van der Waals surface area contributed by atoms with Crippen molar-refractivity contribution in [1.82, 2.24) is 0 Å². The fraction of sp³-hybridized carbons (Fsp3) is 0.111. The molecule has 106 valence electrons. The Morgan fingerprint density at radius 2 is 1.48 bits per heavy atom. The van der Waals surface area contributed by atoms with Crippen LogP contribution < -0.4 is 0 Å². The molecular weight excluding hydrogens is 392 g/mol. The molecular formula is C18H14Br2O. The molecule has 0 spiro atoms. The minimum Gasteiger partial charge on any atom is -0.388 e. The first-order chi connectivity index (χ1) is 10.1. The Bertz CT molecular complexity index is 763. The summed E-state index contributed by atoms with van der Waals surface area (Å²) >= 11 is 6.92. The van der Waals surface area contributed by atoms with Gasteiger partial charge < -0.3 is 5.11 Å². The van der Waals surface area contributed by atoms with Crippen LogP contribution in [-0.2, 0) is 6.42 Å². The molecule has 3 aromatic carbocycles.